The molecule has 0 radical (unpaired) electrons. The van der Waals surface area contributed by atoms with Crippen molar-refractivity contribution in [3.8, 4) is 0 Å². The first kappa shape index (κ1) is 19.8. The largest absolute Gasteiger partial charge is 0.465 e. The van der Waals surface area contributed by atoms with Crippen molar-refractivity contribution in [1.29, 1.82) is 0 Å². The predicted molar refractivity (Wildman–Crippen MR) is 91.0 cm³/mol. The lowest BCUT2D eigenvalue weighted by molar-refractivity contribution is -0.435. The summed E-state index contributed by atoms with van der Waals surface area (Å²) in [5.41, 5.74) is 0.931. The number of hydrogen-bond donors (Lipinski definition) is 1. The average Bonchev–Trinajstić information content (AvgIpc) is 2.78. The molecule has 1 aliphatic heterocycles. The maximum absolute atomic E-state index is 11.7. The SMILES string of the molecule is CO[C@H]1OC2(O)C1C(OCc1ccccc1)[C@H](OC(C)=O)C2COC(C)=O. The number of carbonyl (C=O) groups is 2. The Bertz CT molecular complexity index is 678. The molecular formula is C19H24O8. The Kier molecular flexibility index (Phi) is 5.81. The van der Waals surface area contributed by atoms with Crippen LogP contribution in [0.4, 0.5) is 0 Å². The van der Waals surface area contributed by atoms with Gasteiger partial charge >= 0.3 is 11.9 Å². The topological polar surface area (TPSA) is 101 Å². The molecule has 0 aromatic heterocycles. The second kappa shape index (κ2) is 7.93. The van der Waals surface area contributed by atoms with E-state index in [-0.39, 0.29) is 13.2 Å². The van der Waals surface area contributed by atoms with Crippen molar-refractivity contribution in [2.45, 2.75) is 44.7 Å². The lowest BCUT2D eigenvalue weighted by Gasteiger charge is -2.49. The Morgan fingerprint density at radius 1 is 1.15 bits per heavy atom. The summed E-state index contributed by atoms with van der Waals surface area (Å²) >= 11 is 0. The minimum absolute atomic E-state index is 0.165. The van der Waals surface area contributed by atoms with E-state index in [1.807, 2.05) is 30.3 Å². The molecular weight excluding hydrogens is 356 g/mol. The van der Waals surface area contributed by atoms with Gasteiger partial charge in [-0.15, -0.1) is 0 Å². The number of rotatable bonds is 7. The van der Waals surface area contributed by atoms with Crippen LogP contribution < -0.4 is 0 Å². The molecule has 0 spiro atoms. The van der Waals surface area contributed by atoms with Crippen molar-refractivity contribution >= 4 is 11.9 Å². The lowest BCUT2D eigenvalue weighted by atomic mass is 9.89. The normalized spacial score (nSPS) is 34.4. The van der Waals surface area contributed by atoms with Gasteiger partial charge in [0.15, 0.2) is 12.1 Å². The summed E-state index contributed by atoms with van der Waals surface area (Å²) in [4.78, 5) is 22.9. The molecule has 1 aromatic rings. The Balaban J connectivity index is 1.84. The third kappa shape index (κ3) is 3.84. The van der Waals surface area contributed by atoms with Crippen LogP contribution in [0.15, 0.2) is 30.3 Å². The summed E-state index contributed by atoms with van der Waals surface area (Å²) in [6.45, 7) is 2.63. The molecule has 1 saturated heterocycles. The van der Waals surface area contributed by atoms with Crippen LogP contribution in [-0.4, -0.2) is 55.0 Å². The van der Waals surface area contributed by atoms with Crippen molar-refractivity contribution in [2.75, 3.05) is 13.7 Å². The average molecular weight is 380 g/mol. The van der Waals surface area contributed by atoms with Gasteiger partial charge < -0.3 is 28.8 Å². The van der Waals surface area contributed by atoms with E-state index in [1.54, 1.807) is 0 Å². The van der Waals surface area contributed by atoms with Crippen LogP contribution in [0.2, 0.25) is 0 Å². The van der Waals surface area contributed by atoms with E-state index in [4.69, 9.17) is 23.7 Å². The van der Waals surface area contributed by atoms with E-state index in [1.165, 1.54) is 21.0 Å². The Morgan fingerprint density at radius 2 is 1.85 bits per heavy atom. The smallest absolute Gasteiger partial charge is 0.303 e. The van der Waals surface area contributed by atoms with Gasteiger partial charge in [-0.05, 0) is 5.56 Å². The van der Waals surface area contributed by atoms with Gasteiger partial charge in [0.05, 0.1) is 18.4 Å². The zero-order valence-electron chi connectivity index (χ0n) is 15.5. The van der Waals surface area contributed by atoms with Crippen molar-refractivity contribution < 1.29 is 38.4 Å². The molecule has 3 rings (SSSR count). The highest BCUT2D eigenvalue weighted by Crippen LogP contribution is 2.55. The molecule has 4 unspecified atom stereocenters. The fourth-order valence-electron chi connectivity index (χ4n) is 3.78. The summed E-state index contributed by atoms with van der Waals surface area (Å²) in [5.74, 6) is -4.08. The molecule has 0 amide bonds. The number of ether oxygens (including phenoxy) is 5. The fraction of sp³-hybridized carbons (Fsp3) is 0.579. The molecule has 2 fully saturated rings. The van der Waals surface area contributed by atoms with Gasteiger partial charge in [-0.25, -0.2) is 0 Å². The predicted octanol–water partition coefficient (Wildman–Crippen LogP) is 1.00. The molecule has 1 saturated carbocycles. The zero-order chi connectivity index (χ0) is 19.6. The van der Waals surface area contributed by atoms with Gasteiger partial charge in [0.25, 0.3) is 0 Å². The number of esters is 2. The molecule has 1 aromatic carbocycles. The Morgan fingerprint density at radius 3 is 2.44 bits per heavy atom. The van der Waals surface area contributed by atoms with Crippen LogP contribution in [0, 0.1) is 11.8 Å². The standard InChI is InChI=1S/C19H24O8/c1-11(20)24-10-14-16(26-12(2)21)17(15-18(23-3)27-19(14,15)22)25-9-13-7-5-4-6-8-13/h4-8,14-18,22H,9-10H2,1-3H3/t14?,15?,16-,17?,18+,19?/m1/s1. The van der Waals surface area contributed by atoms with Gasteiger partial charge in [-0.2, -0.15) is 0 Å². The molecule has 2 aliphatic rings. The monoisotopic (exact) mass is 380 g/mol. The molecule has 1 heterocycles. The van der Waals surface area contributed by atoms with Crippen molar-refractivity contribution in [3.63, 3.8) is 0 Å². The zero-order valence-corrected chi connectivity index (χ0v) is 15.5. The van der Waals surface area contributed by atoms with Crippen LogP contribution in [0.5, 0.6) is 0 Å². The Labute approximate surface area is 157 Å². The van der Waals surface area contributed by atoms with Crippen LogP contribution in [0.1, 0.15) is 19.4 Å². The molecule has 0 bridgehead atoms. The van der Waals surface area contributed by atoms with Gasteiger partial charge in [0.2, 0.25) is 0 Å². The van der Waals surface area contributed by atoms with Gasteiger partial charge in [-0.1, -0.05) is 30.3 Å². The summed E-state index contributed by atoms with van der Waals surface area (Å²) in [6, 6.07) is 9.49. The third-order valence-corrected chi connectivity index (χ3v) is 4.97. The van der Waals surface area contributed by atoms with Gasteiger partial charge in [0.1, 0.15) is 18.8 Å². The summed E-state index contributed by atoms with van der Waals surface area (Å²) in [6.07, 6.45) is -2.24. The summed E-state index contributed by atoms with van der Waals surface area (Å²) < 4.78 is 27.3. The van der Waals surface area contributed by atoms with Gasteiger partial charge in [0, 0.05) is 21.0 Å². The number of methoxy groups -OCH3 is 1. The minimum Gasteiger partial charge on any atom is -0.465 e. The number of aliphatic hydroxyl groups is 1. The number of hydrogen-bond acceptors (Lipinski definition) is 8. The maximum Gasteiger partial charge on any atom is 0.303 e. The van der Waals surface area contributed by atoms with Crippen molar-refractivity contribution in [3.05, 3.63) is 35.9 Å². The number of fused-ring (bicyclic) bond motifs is 1. The highest BCUT2D eigenvalue weighted by Gasteiger charge is 2.73. The first-order chi connectivity index (χ1) is 12.9. The number of carbonyl (C=O) groups excluding carboxylic acids is 2. The van der Waals surface area contributed by atoms with E-state index in [9.17, 15) is 14.7 Å². The summed E-state index contributed by atoms with van der Waals surface area (Å²) in [7, 11) is 1.46. The quantitative estimate of drug-likeness (QED) is 0.700. The fourth-order valence-corrected chi connectivity index (χ4v) is 3.78. The van der Waals surface area contributed by atoms with Crippen molar-refractivity contribution in [2.24, 2.45) is 11.8 Å². The van der Waals surface area contributed by atoms with Crippen LogP contribution in [0.3, 0.4) is 0 Å². The second-order valence-electron chi connectivity index (χ2n) is 6.74. The minimum atomic E-state index is -1.67. The molecule has 6 atom stereocenters. The maximum atomic E-state index is 11.7. The van der Waals surface area contributed by atoms with Crippen LogP contribution in [-0.2, 0) is 39.9 Å². The molecule has 1 aliphatic carbocycles. The van der Waals surface area contributed by atoms with E-state index < -0.39 is 48.1 Å². The van der Waals surface area contributed by atoms with Gasteiger partial charge in [-0.3, -0.25) is 9.59 Å². The first-order valence-electron chi connectivity index (χ1n) is 8.76. The summed E-state index contributed by atoms with van der Waals surface area (Å²) in [5, 5.41) is 11.0. The second-order valence-corrected chi connectivity index (χ2v) is 6.74. The molecule has 1 N–H and O–H groups in total. The van der Waals surface area contributed by atoms with Crippen LogP contribution in [0.25, 0.3) is 0 Å². The third-order valence-electron chi connectivity index (χ3n) is 4.97. The number of benzene rings is 1. The lowest BCUT2D eigenvalue weighted by Crippen LogP contribution is -2.63. The highest BCUT2D eigenvalue weighted by molar-refractivity contribution is 5.66. The first-order valence-corrected chi connectivity index (χ1v) is 8.76. The van der Waals surface area contributed by atoms with E-state index in [0.29, 0.717) is 0 Å². The molecule has 148 valence electrons. The Hall–Kier alpha value is -2.00. The molecule has 8 heteroatoms. The van der Waals surface area contributed by atoms with Crippen molar-refractivity contribution in [1.82, 2.24) is 0 Å². The molecule has 27 heavy (non-hydrogen) atoms. The van der Waals surface area contributed by atoms with Crippen LogP contribution >= 0.6 is 0 Å². The van der Waals surface area contributed by atoms with E-state index in [2.05, 4.69) is 0 Å². The molecule has 8 nitrogen and oxygen atoms in total. The highest BCUT2D eigenvalue weighted by atomic mass is 16.8. The van der Waals surface area contributed by atoms with E-state index in [0.717, 1.165) is 5.56 Å². The van der Waals surface area contributed by atoms with E-state index >= 15 is 0 Å².